The topological polar surface area (TPSA) is 63.1 Å². The van der Waals surface area contributed by atoms with Crippen molar-refractivity contribution >= 4 is 28.4 Å². The number of aromatic nitrogens is 1. The van der Waals surface area contributed by atoms with Crippen LogP contribution in [0.25, 0.3) is 10.9 Å². The molecule has 1 aromatic heterocycles. The largest absolute Gasteiger partial charge is 0.349 e. The lowest BCUT2D eigenvalue weighted by Gasteiger charge is -2.22. The molecule has 2 N–H and O–H groups in total. The van der Waals surface area contributed by atoms with Crippen molar-refractivity contribution in [3.63, 3.8) is 0 Å². The Hall–Kier alpha value is -3.86. The Morgan fingerprint density at radius 2 is 1.67 bits per heavy atom. The number of aryl methyl sites for hydroxylation is 1. The maximum atomic E-state index is 13.3. The minimum Gasteiger partial charge on any atom is -0.349 e. The van der Waals surface area contributed by atoms with Crippen molar-refractivity contribution in [3.05, 3.63) is 109 Å². The van der Waals surface area contributed by atoms with Crippen LogP contribution in [-0.4, -0.2) is 22.4 Å². The minimum atomic E-state index is -0.520. The number of hydrogen-bond donors (Lipinski definition) is 2. The number of anilines is 1. The van der Waals surface area contributed by atoms with E-state index in [0.29, 0.717) is 18.4 Å². The van der Waals surface area contributed by atoms with Crippen LogP contribution in [0.5, 0.6) is 0 Å². The van der Waals surface area contributed by atoms with Crippen LogP contribution in [-0.2, 0) is 17.8 Å². The number of hydrogen-bond acceptors (Lipinski definition) is 2. The monoisotopic (exact) mass is 480 g/mol. The van der Waals surface area contributed by atoms with E-state index in [-0.39, 0.29) is 17.9 Å². The van der Waals surface area contributed by atoms with E-state index in [1.54, 1.807) is 0 Å². The molecule has 0 aliphatic carbocycles. The van der Waals surface area contributed by atoms with Crippen LogP contribution >= 0.6 is 0 Å². The van der Waals surface area contributed by atoms with Crippen molar-refractivity contribution in [2.45, 2.75) is 45.2 Å². The van der Waals surface area contributed by atoms with E-state index in [0.717, 1.165) is 41.5 Å². The summed E-state index contributed by atoms with van der Waals surface area (Å²) in [6, 6.07) is 27.0. The van der Waals surface area contributed by atoms with E-state index in [4.69, 9.17) is 0 Å². The molecule has 0 aliphatic rings. The zero-order chi connectivity index (χ0) is 25.3. The first-order valence-electron chi connectivity index (χ1n) is 12.7. The summed E-state index contributed by atoms with van der Waals surface area (Å²) in [7, 11) is 0. The van der Waals surface area contributed by atoms with Gasteiger partial charge in [-0.15, -0.1) is 0 Å². The van der Waals surface area contributed by atoms with Gasteiger partial charge in [0.05, 0.1) is 0 Å². The number of nitrogens with one attached hydrogen (secondary N) is 2. The Labute approximate surface area is 213 Å². The fraction of sp³-hybridized carbons (Fsp3) is 0.258. The zero-order valence-electron chi connectivity index (χ0n) is 20.8. The highest BCUT2D eigenvalue weighted by molar-refractivity contribution is 5.98. The second-order valence-corrected chi connectivity index (χ2v) is 9.28. The molecule has 3 aromatic carbocycles. The molecule has 0 bridgehead atoms. The Bertz CT molecular complexity index is 1280. The Morgan fingerprint density at radius 1 is 0.944 bits per heavy atom. The van der Waals surface area contributed by atoms with Crippen molar-refractivity contribution < 1.29 is 9.59 Å². The third kappa shape index (κ3) is 6.63. The number of unbranched alkanes of at least 4 members (excludes halogenated alkanes) is 1. The van der Waals surface area contributed by atoms with E-state index in [1.165, 1.54) is 0 Å². The van der Waals surface area contributed by atoms with Crippen LogP contribution in [0.1, 0.15) is 42.1 Å². The molecule has 185 valence electrons. The lowest BCUT2D eigenvalue weighted by Crippen LogP contribution is -2.39. The van der Waals surface area contributed by atoms with Gasteiger partial charge in [0.1, 0.15) is 0 Å². The first-order chi connectivity index (χ1) is 17.5. The van der Waals surface area contributed by atoms with Gasteiger partial charge in [-0.05, 0) is 67.5 Å². The Kier molecular flexibility index (Phi) is 8.56. The van der Waals surface area contributed by atoms with E-state index < -0.39 is 5.92 Å². The van der Waals surface area contributed by atoms with E-state index in [9.17, 15) is 9.59 Å². The second-order valence-electron chi connectivity index (χ2n) is 9.28. The molecule has 5 nitrogen and oxygen atoms in total. The third-order valence-corrected chi connectivity index (χ3v) is 6.43. The predicted molar refractivity (Wildman–Crippen MR) is 147 cm³/mol. The van der Waals surface area contributed by atoms with Crippen LogP contribution in [0.3, 0.4) is 0 Å². The summed E-state index contributed by atoms with van der Waals surface area (Å²) >= 11 is 0. The highest BCUT2D eigenvalue weighted by atomic mass is 16.2. The van der Waals surface area contributed by atoms with Gasteiger partial charge < -0.3 is 15.2 Å². The molecular weight excluding hydrogens is 446 g/mol. The molecule has 4 rings (SSSR count). The smallest absolute Gasteiger partial charge is 0.251 e. The molecule has 0 aliphatic heterocycles. The molecule has 0 saturated carbocycles. The maximum absolute atomic E-state index is 13.3. The number of fused-ring (bicyclic) bond motifs is 1. The summed E-state index contributed by atoms with van der Waals surface area (Å²) in [5.41, 5.74) is 3.51. The normalized spacial score (nSPS) is 12.7. The lowest BCUT2D eigenvalue weighted by atomic mass is 9.95. The highest BCUT2D eigenvalue weighted by Gasteiger charge is 2.22. The van der Waals surface area contributed by atoms with Gasteiger partial charge >= 0.3 is 0 Å². The molecule has 0 fully saturated rings. The zero-order valence-corrected chi connectivity index (χ0v) is 20.8. The summed E-state index contributed by atoms with van der Waals surface area (Å²) in [5.74, 6) is -0.826. The average Bonchev–Trinajstić information content (AvgIpc) is 3.30. The van der Waals surface area contributed by atoms with Crippen molar-refractivity contribution in [1.82, 2.24) is 9.88 Å². The molecule has 1 unspecified atom stereocenters. The molecular formula is C31H34N3O2. The lowest BCUT2D eigenvalue weighted by molar-refractivity contribution is -0.119. The summed E-state index contributed by atoms with van der Waals surface area (Å²) < 4.78 is 2.21. The molecule has 2 amide bonds. The van der Waals surface area contributed by atoms with Crippen LogP contribution in [0.15, 0.2) is 91.1 Å². The Balaban J connectivity index is 1.49. The van der Waals surface area contributed by atoms with Gasteiger partial charge in [-0.25, -0.2) is 0 Å². The van der Waals surface area contributed by atoms with E-state index in [1.807, 2.05) is 78.9 Å². The van der Waals surface area contributed by atoms with Gasteiger partial charge in [-0.1, -0.05) is 67.9 Å². The van der Waals surface area contributed by atoms with E-state index >= 15 is 0 Å². The molecule has 0 spiro atoms. The predicted octanol–water partition coefficient (Wildman–Crippen LogP) is 6.26. The number of benzene rings is 3. The molecule has 0 saturated heterocycles. The van der Waals surface area contributed by atoms with Crippen LogP contribution in [0.2, 0.25) is 0 Å². The van der Waals surface area contributed by atoms with Gasteiger partial charge in [0.15, 0.2) is 0 Å². The quantitative estimate of drug-likeness (QED) is 0.266. The molecule has 2 atom stereocenters. The number of amides is 2. The van der Waals surface area contributed by atoms with Crippen LogP contribution < -0.4 is 10.6 Å². The second kappa shape index (κ2) is 12.2. The van der Waals surface area contributed by atoms with Crippen molar-refractivity contribution in [3.8, 4) is 0 Å². The summed E-state index contributed by atoms with van der Waals surface area (Å²) in [4.78, 5) is 26.1. The first-order valence-corrected chi connectivity index (χ1v) is 12.7. The number of rotatable bonds is 11. The van der Waals surface area contributed by atoms with Gasteiger partial charge in [0.2, 0.25) is 5.91 Å². The van der Waals surface area contributed by atoms with Crippen molar-refractivity contribution in [2.75, 3.05) is 5.32 Å². The fourth-order valence-corrected chi connectivity index (χ4v) is 4.43. The van der Waals surface area contributed by atoms with Gasteiger partial charge in [0.25, 0.3) is 5.91 Å². The van der Waals surface area contributed by atoms with Crippen molar-refractivity contribution in [2.24, 2.45) is 5.92 Å². The number of nitrogens with zero attached hydrogens (tertiary/aromatic N) is 1. The molecule has 1 radical (unpaired) electrons. The van der Waals surface area contributed by atoms with Gasteiger partial charge in [0, 0.05) is 41.5 Å². The average molecular weight is 481 g/mol. The fourth-order valence-electron chi connectivity index (χ4n) is 4.43. The van der Waals surface area contributed by atoms with Crippen LogP contribution in [0, 0.1) is 12.8 Å². The number of carbonyl (C=O) groups excluding carboxylic acids is 2. The molecule has 5 heteroatoms. The summed E-state index contributed by atoms with van der Waals surface area (Å²) in [5, 5.41) is 7.23. The highest BCUT2D eigenvalue weighted by Crippen LogP contribution is 2.20. The molecule has 1 heterocycles. The number of carbonyl (C=O) groups is 2. The standard InChI is InChI=1S/C31H34N3O2/c1-3-4-18-34-19-17-25-15-16-26(22-29(25)34)31(36)33-28(21-24-11-7-5-8-12-24)20-23(2)30(35)32-27-13-9-6-10-14-27/h5-17,19,22-23,28H,2-4,18,20-21H2,1H3,(H,32,35)(H,33,36)/t23?,28-/m1/s1. The summed E-state index contributed by atoms with van der Waals surface area (Å²) in [6.07, 6.45) is 5.33. The maximum Gasteiger partial charge on any atom is 0.251 e. The summed E-state index contributed by atoms with van der Waals surface area (Å²) in [6.45, 7) is 7.21. The van der Waals surface area contributed by atoms with Crippen molar-refractivity contribution in [1.29, 1.82) is 0 Å². The van der Waals surface area contributed by atoms with Gasteiger partial charge in [-0.2, -0.15) is 0 Å². The molecule has 36 heavy (non-hydrogen) atoms. The SMILES string of the molecule is [CH2]C(C[C@H](Cc1ccccc1)NC(=O)c1ccc2ccn(CCCC)c2c1)C(=O)Nc1ccccc1. The van der Waals surface area contributed by atoms with Crippen LogP contribution in [0.4, 0.5) is 5.69 Å². The third-order valence-electron chi connectivity index (χ3n) is 6.43. The molecule has 4 aromatic rings. The Morgan fingerprint density at radius 3 is 2.39 bits per heavy atom. The van der Waals surface area contributed by atoms with Gasteiger partial charge in [-0.3, -0.25) is 9.59 Å². The minimum absolute atomic E-state index is 0.142. The number of para-hydroxylation sites is 1. The van der Waals surface area contributed by atoms with E-state index in [2.05, 4.69) is 41.3 Å². The first kappa shape index (κ1) is 25.2.